The number of carbonyl (C=O) groups is 2. The molecule has 2 N–H and O–H groups in total. The third kappa shape index (κ3) is 2.82. The van der Waals surface area contributed by atoms with E-state index in [1.807, 2.05) is 0 Å². The fraction of sp³-hybridized carbons (Fsp3) is 0.357. The minimum atomic E-state index is -0.955. The Balaban J connectivity index is 1.66. The fourth-order valence-electron chi connectivity index (χ4n) is 2.40. The molecule has 0 atom stereocenters. The van der Waals surface area contributed by atoms with E-state index in [4.69, 9.17) is 9.63 Å². The van der Waals surface area contributed by atoms with Crippen LogP contribution < -0.4 is 5.32 Å². The van der Waals surface area contributed by atoms with Gasteiger partial charge in [0.2, 0.25) is 0 Å². The number of aromatic nitrogens is 1. The molecule has 1 aliphatic rings. The van der Waals surface area contributed by atoms with Crippen molar-refractivity contribution in [3.05, 3.63) is 38.9 Å². The van der Waals surface area contributed by atoms with E-state index in [1.165, 1.54) is 6.07 Å². The number of nitrogens with one attached hydrogen (secondary N) is 1. The molecule has 6 nitrogen and oxygen atoms in total. The third-order valence-electron chi connectivity index (χ3n) is 3.46. The normalized spacial score (nSPS) is 13.7. The quantitative estimate of drug-likeness (QED) is 0.903. The van der Waals surface area contributed by atoms with E-state index in [-0.39, 0.29) is 10.8 Å². The summed E-state index contributed by atoms with van der Waals surface area (Å²) in [4.78, 5) is 24.0. The zero-order valence-corrected chi connectivity index (χ0v) is 12.0. The Morgan fingerprint density at radius 3 is 2.90 bits per heavy atom. The second-order valence-corrected chi connectivity index (χ2v) is 6.06. The van der Waals surface area contributed by atoms with E-state index in [2.05, 4.69) is 10.5 Å². The van der Waals surface area contributed by atoms with Crippen LogP contribution in [0.4, 0.5) is 0 Å². The van der Waals surface area contributed by atoms with E-state index in [0.717, 1.165) is 53.2 Å². The number of carboxylic acids is 1. The predicted molar refractivity (Wildman–Crippen MR) is 75.6 cm³/mol. The second-order valence-electron chi connectivity index (χ2n) is 4.89. The molecular weight excluding hydrogens is 292 g/mol. The van der Waals surface area contributed by atoms with Crippen LogP contribution >= 0.6 is 11.3 Å². The van der Waals surface area contributed by atoms with E-state index in [1.54, 1.807) is 6.07 Å². The largest absolute Gasteiger partial charge is 0.477 e. The van der Waals surface area contributed by atoms with Crippen LogP contribution in [0.25, 0.3) is 0 Å². The van der Waals surface area contributed by atoms with Gasteiger partial charge in [-0.1, -0.05) is 5.16 Å². The van der Waals surface area contributed by atoms with Crippen molar-refractivity contribution in [1.29, 1.82) is 0 Å². The number of thiophene rings is 1. The number of aromatic carboxylic acids is 1. The molecule has 0 saturated carbocycles. The van der Waals surface area contributed by atoms with Crippen molar-refractivity contribution < 1.29 is 19.2 Å². The average Bonchev–Trinajstić information content (AvgIpc) is 3.11. The van der Waals surface area contributed by atoms with Crippen LogP contribution in [0.2, 0.25) is 0 Å². The zero-order valence-electron chi connectivity index (χ0n) is 11.2. The Labute approximate surface area is 124 Å². The topological polar surface area (TPSA) is 92.4 Å². The van der Waals surface area contributed by atoms with E-state index in [9.17, 15) is 9.59 Å². The lowest BCUT2D eigenvalue weighted by Gasteiger charge is -2.09. The highest BCUT2D eigenvalue weighted by Crippen LogP contribution is 2.24. The summed E-state index contributed by atoms with van der Waals surface area (Å²) in [7, 11) is 0. The molecule has 1 amide bonds. The molecule has 1 aliphatic carbocycles. The summed E-state index contributed by atoms with van der Waals surface area (Å²) in [6.07, 6.45) is 3.77. The summed E-state index contributed by atoms with van der Waals surface area (Å²) in [6, 6.07) is 3.24. The summed E-state index contributed by atoms with van der Waals surface area (Å²) in [5.74, 6) is -0.411. The molecule has 21 heavy (non-hydrogen) atoms. The van der Waals surface area contributed by atoms with E-state index in [0.29, 0.717) is 12.2 Å². The summed E-state index contributed by atoms with van der Waals surface area (Å²) in [5.41, 5.74) is 1.27. The van der Waals surface area contributed by atoms with Gasteiger partial charge in [-0.2, -0.15) is 0 Å². The van der Waals surface area contributed by atoms with Crippen molar-refractivity contribution in [3.63, 3.8) is 0 Å². The molecule has 110 valence electrons. The predicted octanol–water partition coefficient (Wildman–Crippen LogP) is 2.24. The lowest BCUT2D eigenvalue weighted by atomic mass is 9.96. The maximum Gasteiger partial charge on any atom is 0.345 e. The first-order valence-corrected chi connectivity index (χ1v) is 7.54. The van der Waals surface area contributed by atoms with Crippen LogP contribution in [0.5, 0.6) is 0 Å². The standard InChI is InChI=1S/C14H14N2O4S/c17-13(12-9-3-1-2-4-10(9)20-16-12)15-7-8-5-6-11(21-8)14(18)19/h5-6H,1-4,7H2,(H,15,17)(H,18,19). The molecule has 2 aromatic heterocycles. The minimum absolute atomic E-state index is 0.262. The maximum atomic E-state index is 12.1. The van der Waals surface area contributed by atoms with Crippen LogP contribution in [-0.2, 0) is 19.4 Å². The fourth-order valence-corrected chi connectivity index (χ4v) is 3.19. The van der Waals surface area contributed by atoms with Gasteiger partial charge in [-0.15, -0.1) is 11.3 Å². The first kappa shape index (κ1) is 13.8. The summed E-state index contributed by atoms with van der Waals surface area (Å²) in [6.45, 7) is 0.290. The number of carbonyl (C=O) groups excluding carboxylic acids is 1. The number of hydrogen-bond donors (Lipinski definition) is 2. The molecule has 2 aromatic rings. The molecular formula is C14H14N2O4S. The molecule has 0 spiro atoms. The van der Waals surface area contributed by atoms with Crippen molar-refractivity contribution in [1.82, 2.24) is 10.5 Å². The molecule has 0 radical (unpaired) electrons. The lowest BCUT2D eigenvalue weighted by Crippen LogP contribution is -2.24. The Kier molecular flexibility index (Phi) is 3.74. The second kappa shape index (κ2) is 5.69. The van der Waals surface area contributed by atoms with Crippen molar-refractivity contribution in [2.75, 3.05) is 0 Å². The van der Waals surface area contributed by atoms with E-state index < -0.39 is 5.97 Å². The number of carboxylic acid groups (broad SMARTS) is 1. The van der Waals surface area contributed by atoms with Crippen LogP contribution in [0, 0.1) is 0 Å². The summed E-state index contributed by atoms with van der Waals surface area (Å²) in [5, 5.41) is 15.5. The molecule has 0 fully saturated rings. The maximum absolute atomic E-state index is 12.1. The molecule has 7 heteroatoms. The molecule has 0 aliphatic heterocycles. The highest BCUT2D eigenvalue weighted by Gasteiger charge is 2.23. The van der Waals surface area contributed by atoms with E-state index >= 15 is 0 Å². The Morgan fingerprint density at radius 2 is 2.14 bits per heavy atom. The number of aryl methyl sites for hydroxylation is 1. The Hall–Kier alpha value is -2.15. The summed E-state index contributed by atoms with van der Waals surface area (Å²) >= 11 is 1.15. The van der Waals surface area contributed by atoms with Crippen LogP contribution in [0.15, 0.2) is 16.7 Å². The molecule has 2 heterocycles. The Morgan fingerprint density at radius 1 is 1.33 bits per heavy atom. The number of nitrogens with zero attached hydrogens (tertiary/aromatic N) is 1. The number of hydrogen-bond acceptors (Lipinski definition) is 5. The van der Waals surface area contributed by atoms with Crippen LogP contribution in [0.1, 0.15) is 49.2 Å². The van der Waals surface area contributed by atoms with Gasteiger partial charge in [0.1, 0.15) is 10.6 Å². The highest BCUT2D eigenvalue weighted by molar-refractivity contribution is 7.13. The third-order valence-corrected chi connectivity index (χ3v) is 4.53. The number of amides is 1. The molecule has 0 saturated heterocycles. The highest BCUT2D eigenvalue weighted by atomic mass is 32.1. The first-order chi connectivity index (χ1) is 10.1. The zero-order chi connectivity index (χ0) is 14.8. The average molecular weight is 306 g/mol. The van der Waals surface area contributed by atoms with Gasteiger partial charge in [-0.3, -0.25) is 4.79 Å². The van der Waals surface area contributed by atoms with Gasteiger partial charge in [-0.05, 0) is 31.4 Å². The van der Waals surface area contributed by atoms with Gasteiger partial charge >= 0.3 is 5.97 Å². The SMILES string of the molecule is O=C(O)c1ccc(CNC(=O)c2noc3c2CCCC3)s1. The lowest BCUT2D eigenvalue weighted by molar-refractivity contribution is 0.0702. The number of fused-ring (bicyclic) bond motifs is 1. The van der Waals surface area contributed by atoms with Crippen molar-refractivity contribution >= 4 is 23.2 Å². The smallest absolute Gasteiger partial charge is 0.345 e. The van der Waals surface area contributed by atoms with Gasteiger partial charge in [0.25, 0.3) is 5.91 Å². The molecule has 3 rings (SSSR count). The monoisotopic (exact) mass is 306 g/mol. The van der Waals surface area contributed by atoms with Gasteiger partial charge in [-0.25, -0.2) is 4.79 Å². The van der Waals surface area contributed by atoms with Crippen molar-refractivity contribution in [3.8, 4) is 0 Å². The van der Waals surface area contributed by atoms with Crippen LogP contribution in [-0.4, -0.2) is 22.1 Å². The van der Waals surface area contributed by atoms with Gasteiger partial charge < -0.3 is 14.9 Å². The van der Waals surface area contributed by atoms with Gasteiger partial charge in [0.15, 0.2) is 5.69 Å². The summed E-state index contributed by atoms with van der Waals surface area (Å²) < 4.78 is 5.21. The van der Waals surface area contributed by atoms with Crippen molar-refractivity contribution in [2.24, 2.45) is 0 Å². The van der Waals surface area contributed by atoms with Gasteiger partial charge in [0.05, 0.1) is 6.54 Å². The van der Waals surface area contributed by atoms with Crippen LogP contribution in [0.3, 0.4) is 0 Å². The molecule has 0 aromatic carbocycles. The minimum Gasteiger partial charge on any atom is -0.477 e. The van der Waals surface area contributed by atoms with Crippen molar-refractivity contribution in [2.45, 2.75) is 32.2 Å². The Bertz CT molecular complexity index is 689. The molecule has 0 unspecified atom stereocenters. The van der Waals surface area contributed by atoms with Gasteiger partial charge in [0, 0.05) is 16.9 Å². The first-order valence-electron chi connectivity index (χ1n) is 6.73. The molecule has 0 bridgehead atoms. The number of rotatable bonds is 4.